The Balaban J connectivity index is 1.78. The molecular weight excluding hydrogens is 334 g/mol. The average molecular weight is 355 g/mol. The molecule has 1 aliphatic carbocycles. The third-order valence-electron chi connectivity index (χ3n) is 4.76. The summed E-state index contributed by atoms with van der Waals surface area (Å²) in [6.45, 7) is 2.08. The maximum absolute atomic E-state index is 12.3. The minimum absolute atomic E-state index is 0.0107. The molecule has 0 bridgehead atoms. The second-order valence-corrected chi connectivity index (χ2v) is 6.62. The Morgan fingerprint density at radius 2 is 1.60 bits per heavy atom. The monoisotopic (exact) mass is 355 g/mol. The smallest absolute Gasteiger partial charge is 0.410 e. The molecule has 130 valence electrons. The van der Waals surface area contributed by atoms with E-state index in [0.717, 1.165) is 11.1 Å². The summed E-state index contributed by atoms with van der Waals surface area (Å²) in [6, 6.07) is 15.8. The van der Waals surface area contributed by atoms with Gasteiger partial charge in [0, 0.05) is 13.0 Å². The van der Waals surface area contributed by atoms with Crippen molar-refractivity contribution < 1.29 is 14.3 Å². The van der Waals surface area contributed by atoms with Gasteiger partial charge in [-0.3, -0.25) is 4.79 Å². The first-order chi connectivity index (χ1) is 12.0. The lowest BCUT2D eigenvalue weighted by molar-refractivity contribution is -0.114. The fraction of sp³-hybridized carbons (Fsp3) is 0.300. The highest BCUT2D eigenvalue weighted by molar-refractivity contribution is 7.96. The van der Waals surface area contributed by atoms with Gasteiger partial charge in [-0.25, -0.2) is 4.79 Å². The number of carbonyl (C=O) groups excluding carboxylic acids is 2. The molecule has 0 aliphatic heterocycles. The van der Waals surface area contributed by atoms with Gasteiger partial charge < -0.3 is 9.64 Å². The number of ether oxygens (including phenoxy) is 1. The Kier molecular flexibility index (Phi) is 5.13. The van der Waals surface area contributed by atoms with E-state index in [2.05, 4.69) is 36.9 Å². The van der Waals surface area contributed by atoms with Crippen LogP contribution in [0, 0.1) is 0 Å². The van der Waals surface area contributed by atoms with Crippen LogP contribution in [0.3, 0.4) is 0 Å². The molecule has 3 rings (SSSR count). The van der Waals surface area contributed by atoms with Gasteiger partial charge in [-0.1, -0.05) is 55.5 Å². The summed E-state index contributed by atoms with van der Waals surface area (Å²) in [6.07, 6.45) is -0.000595. The second kappa shape index (κ2) is 7.31. The lowest BCUT2D eigenvalue weighted by atomic mass is 9.98. The molecule has 25 heavy (non-hydrogen) atoms. The summed E-state index contributed by atoms with van der Waals surface area (Å²) in [7, 11) is 1.57. The van der Waals surface area contributed by atoms with E-state index in [1.54, 1.807) is 7.05 Å². The predicted molar refractivity (Wildman–Crippen MR) is 101 cm³/mol. The number of amides is 1. The van der Waals surface area contributed by atoms with E-state index in [9.17, 15) is 9.59 Å². The van der Waals surface area contributed by atoms with Crippen molar-refractivity contribution in [3.05, 3.63) is 59.7 Å². The van der Waals surface area contributed by atoms with Crippen molar-refractivity contribution in [1.29, 1.82) is 0 Å². The van der Waals surface area contributed by atoms with Crippen LogP contribution >= 0.6 is 12.6 Å². The minimum atomic E-state index is -0.570. The normalized spacial score (nSPS) is 13.7. The van der Waals surface area contributed by atoms with E-state index >= 15 is 0 Å². The van der Waals surface area contributed by atoms with Crippen LogP contribution in [0.25, 0.3) is 11.1 Å². The van der Waals surface area contributed by atoms with Crippen molar-refractivity contribution in [2.24, 2.45) is 0 Å². The van der Waals surface area contributed by atoms with Crippen molar-refractivity contribution in [2.45, 2.75) is 25.3 Å². The van der Waals surface area contributed by atoms with E-state index in [1.807, 2.05) is 31.2 Å². The molecule has 4 nitrogen and oxygen atoms in total. The summed E-state index contributed by atoms with van der Waals surface area (Å²) in [5.74, 6) is 0.0107. The Bertz CT molecular complexity index is 760. The summed E-state index contributed by atoms with van der Waals surface area (Å²) < 4.78 is 5.54. The first-order valence-electron chi connectivity index (χ1n) is 8.35. The van der Waals surface area contributed by atoms with E-state index in [-0.39, 0.29) is 17.6 Å². The largest absolute Gasteiger partial charge is 0.448 e. The number of rotatable bonds is 5. The minimum Gasteiger partial charge on any atom is -0.448 e. The van der Waals surface area contributed by atoms with Crippen LogP contribution in [0.5, 0.6) is 0 Å². The van der Waals surface area contributed by atoms with Gasteiger partial charge in [0.2, 0.25) is 5.12 Å². The zero-order valence-corrected chi connectivity index (χ0v) is 15.2. The first-order valence-corrected chi connectivity index (χ1v) is 8.80. The number of likely N-dealkylation sites (N-methyl/N-ethyl adjacent to an activating group) is 1. The number of nitrogens with zero attached hydrogens (tertiary/aromatic N) is 1. The van der Waals surface area contributed by atoms with Crippen molar-refractivity contribution in [3.8, 4) is 11.1 Å². The third-order valence-corrected chi connectivity index (χ3v) is 5.06. The Hall–Kier alpha value is -2.27. The number of benzene rings is 2. The number of hydrogen-bond acceptors (Lipinski definition) is 3. The van der Waals surface area contributed by atoms with E-state index in [1.165, 1.54) is 16.0 Å². The van der Waals surface area contributed by atoms with Crippen molar-refractivity contribution in [2.75, 3.05) is 13.7 Å². The van der Waals surface area contributed by atoms with Crippen LogP contribution in [-0.2, 0) is 9.53 Å². The highest BCUT2D eigenvalue weighted by Crippen LogP contribution is 2.44. The van der Waals surface area contributed by atoms with Crippen LogP contribution in [0.15, 0.2) is 48.5 Å². The van der Waals surface area contributed by atoms with Gasteiger partial charge in [-0.2, -0.15) is 0 Å². The molecule has 0 aromatic heterocycles. The summed E-state index contributed by atoms with van der Waals surface area (Å²) >= 11 is 3.85. The number of fused-ring (bicyclic) bond motifs is 3. The van der Waals surface area contributed by atoms with Crippen molar-refractivity contribution in [1.82, 2.24) is 4.90 Å². The van der Waals surface area contributed by atoms with Gasteiger partial charge in [0.25, 0.3) is 0 Å². The molecule has 2 aromatic carbocycles. The number of thiol groups is 1. The van der Waals surface area contributed by atoms with Crippen LogP contribution in [0.2, 0.25) is 0 Å². The van der Waals surface area contributed by atoms with Crippen molar-refractivity contribution in [3.63, 3.8) is 0 Å². The molecule has 0 unspecified atom stereocenters. The average Bonchev–Trinajstić information content (AvgIpc) is 2.94. The molecule has 0 saturated heterocycles. The summed E-state index contributed by atoms with van der Waals surface area (Å²) in [5.41, 5.74) is 4.70. The Labute approximate surface area is 153 Å². The topological polar surface area (TPSA) is 46.6 Å². The van der Waals surface area contributed by atoms with E-state index in [0.29, 0.717) is 6.42 Å². The SMILES string of the molecule is CC[C@H](C(=O)S)N(C)C(=O)OCC1c2ccccc2-c2ccccc21. The molecule has 1 aliphatic rings. The van der Waals surface area contributed by atoms with Crippen LogP contribution < -0.4 is 0 Å². The standard InChI is InChI=1S/C20H21NO3S/c1-3-18(19(22)25)21(2)20(23)24-12-17-15-10-6-4-8-13(15)14-9-5-7-11-16(14)17/h4-11,17-18H,3,12H2,1-2H3,(H,22,25)/t18-/m1/s1. The lowest BCUT2D eigenvalue weighted by Gasteiger charge is -2.25. The quantitative estimate of drug-likeness (QED) is 0.821. The Morgan fingerprint density at radius 3 is 2.08 bits per heavy atom. The molecule has 0 fully saturated rings. The highest BCUT2D eigenvalue weighted by Gasteiger charge is 2.30. The van der Waals surface area contributed by atoms with Gasteiger partial charge in [-0.05, 0) is 28.7 Å². The van der Waals surface area contributed by atoms with Gasteiger partial charge in [0.1, 0.15) is 12.6 Å². The molecule has 5 heteroatoms. The second-order valence-electron chi connectivity index (χ2n) is 6.18. The zero-order valence-electron chi connectivity index (χ0n) is 14.3. The molecule has 2 aromatic rings. The van der Waals surface area contributed by atoms with Gasteiger partial charge >= 0.3 is 6.09 Å². The summed E-state index contributed by atoms with van der Waals surface area (Å²) in [4.78, 5) is 25.2. The molecule has 0 spiro atoms. The van der Waals surface area contributed by atoms with E-state index < -0.39 is 12.1 Å². The molecule has 1 atom stereocenters. The zero-order chi connectivity index (χ0) is 18.0. The van der Waals surface area contributed by atoms with E-state index in [4.69, 9.17) is 4.74 Å². The van der Waals surface area contributed by atoms with Gasteiger partial charge in [0.05, 0.1) is 0 Å². The number of carbonyl (C=O) groups is 2. The molecule has 0 saturated carbocycles. The fourth-order valence-electron chi connectivity index (χ4n) is 3.44. The summed E-state index contributed by atoms with van der Waals surface area (Å²) in [5, 5.41) is -0.335. The number of hydrogen-bond donors (Lipinski definition) is 1. The molecule has 0 radical (unpaired) electrons. The molecule has 1 amide bonds. The fourth-order valence-corrected chi connectivity index (χ4v) is 3.79. The molecule has 0 heterocycles. The third kappa shape index (κ3) is 3.29. The maximum Gasteiger partial charge on any atom is 0.410 e. The van der Waals surface area contributed by atoms with Gasteiger partial charge in [0.15, 0.2) is 0 Å². The van der Waals surface area contributed by atoms with Gasteiger partial charge in [-0.15, -0.1) is 12.6 Å². The Morgan fingerprint density at radius 1 is 1.08 bits per heavy atom. The molecular formula is C20H21NO3S. The van der Waals surface area contributed by atoms with Crippen LogP contribution in [-0.4, -0.2) is 35.8 Å². The van der Waals surface area contributed by atoms with Crippen molar-refractivity contribution >= 4 is 23.8 Å². The lowest BCUT2D eigenvalue weighted by Crippen LogP contribution is -2.41. The highest BCUT2D eigenvalue weighted by atomic mass is 32.1. The molecule has 0 N–H and O–H groups in total. The predicted octanol–water partition coefficient (Wildman–Crippen LogP) is 4.10. The van der Waals surface area contributed by atoms with Crippen LogP contribution in [0.1, 0.15) is 30.4 Å². The van der Waals surface area contributed by atoms with Crippen LogP contribution in [0.4, 0.5) is 4.79 Å². The first kappa shape index (κ1) is 17.5. The maximum atomic E-state index is 12.3.